The third kappa shape index (κ3) is 1.98. The maximum atomic E-state index is 10.4. The van der Waals surface area contributed by atoms with Crippen LogP contribution in [0.1, 0.15) is 12.8 Å². The summed E-state index contributed by atoms with van der Waals surface area (Å²) in [5.41, 5.74) is 4.56. The first-order valence-corrected chi connectivity index (χ1v) is 4.27. The molecular formula is C8H15N3O2. The van der Waals surface area contributed by atoms with Gasteiger partial charge in [0.25, 0.3) is 0 Å². The minimum Gasteiger partial charge on any atom is -0.385 e. The molecule has 3 N–H and O–H groups in total. The zero-order chi connectivity index (χ0) is 9.90. The zero-order valence-electron chi connectivity index (χ0n) is 7.73. The third-order valence-electron chi connectivity index (χ3n) is 2.49. The molecule has 13 heavy (non-hydrogen) atoms. The van der Waals surface area contributed by atoms with Crippen LogP contribution in [0.2, 0.25) is 0 Å². The van der Waals surface area contributed by atoms with Gasteiger partial charge in [0.15, 0.2) is 0 Å². The quantitative estimate of drug-likeness (QED) is 0.327. The van der Waals surface area contributed by atoms with Gasteiger partial charge in [-0.2, -0.15) is 0 Å². The van der Waals surface area contributed by atoms with Crippen LogP contribution in [0.25, 0.3) is 0 Å². The first-order valence-electron chi connectivity index (χ1n) is 4.27. The number of nitrogens with two attached hydrogens (primary N) is 1. The topological polar surface area (TPSA) is 78.9 Å². The highest BCUT2D eigenvalue weighted by molar-refractivity contribution is 5.88. The van der Waals surface area contributed by atoms with E-state index >= 15 is 0 Å². The second kappa shape index (κ2) is 3.74. The molecule has 1 heterocycles. The smallest absolute Gasteiger partial charge is 0.209 e. The molecule has 74 valence electrons. The number of hydrogen-bond acceptors (Lipinski definition) is 3. The van der Waals surface area contributed by atoms with Crippen LogP contribution in [-0.2, 0) is 4.79 Å². The van der Waals surface area contributed by atoms with Crippen molar-refractivity contribution in [1.29, 1.82) is 0 Å². The molecule has 5 heteroatoms. The second-order valence-electron chi connectivity index (χ2n) is 3.28. The van der Waals surface area contributed by atoms with Crippen LogP contribution in [0.3, 0.4) is 0 Å². The van der Waals surface area contributed by atoms with Crippen molar-refractivity contribution in [3.63, 3.8) is 0 Å². The molecule has 1 aliphatic rings. The molecule has 1 rings (SSSR count). The summed E-state index contributed by atoms with van der Waals surface area (Å²) in [6.45, 7) is 1.08. The normalized spacial score (nSPS) is 22.9. The Morgan fingerprint density at radius 3 is 2.54 bits per heavy atom. The number of rotatable bonds is 2. The van der Waals surface area contributed by atoms with E-state index in [4.69, 9.17) is 5.73 Å². The molecule has 0 bridgehead atoms. The van der Waals surface area contributed by atoms with Gasteiger partial charge in [-0.05, 0) is 0 Å². The van der Waals surface area contributed by atoms with Gasteiger partial charge in [-0.1, -0.05) is 0 Å². The van der Waals surface area contributed by atoms with Crippen molar-refractivity contribution >= 4 is 12.2 Å². The van der Waals surface area contributed by atoms with Crippen LogP contribution >= 0.6 is 0 Å². The van der Waals surface area contributed by atoms with E-state index in [2.05, 4.69) is 4.99 Å². The number of amidine groups is 1. The van der Waals surface area contributed by atoms with E-state index in [0.717, 1.165) is 6.41 Å². The van der Waals surface area contributed by atoms with Crippen molar-refractivity contribution in [1.82, 2.24) is 4.90 Å². The molecule has 0 aliphatic carbocycles. The molecule has 5 nitrogen and oxygen atoms in total. The number of hydrogen-bond donors (Lipinski definition) is 2. The van der Waals surface area contributed by atoms with E-state index in [-0.39, 0.29) is 5.84 Å². The predicted molar refractivity (Wildman–Crippen MR) is 49.4 cm³/mol. The SMILES string of the molecule is CN=C(N)C1(O)CCN(C=O)CC1. The maximum absolute atomic E-state index is 10.4. The Hall–Kier alpha value is -1.10. The number of carbonyl (C=O) groups is 1. The van der Waals surface area contributed by atoms with Gasteiger partial charge in [-0.3, -0.25) is 9.79 Å². The lowest BCUT2D eigenvalue weighted by atomic mass is 9.90. The molecule has 1 saturated heterocycles. The molecule has 1 fully saturated rings. The van der Waals surface area contributed by atoms with Gasteiger partial charge in [0, 0.05) is 33.0 Å². The van der Waals surface area contributed by atoms with E-state index in [1.165, 1.54) is 0 Å². The molecule has 0 saturated carbocycles. The summed E-state index contributed by atoms with van der Waals surface area (Å²) in [4.78, 5) is 15.8. The lowest BCUT2D eigenvalue weighted by Gasteiger charge is -2.35. The van der Waals surface area contributed by atoms with Crippen molar-refractivity contribution in [3.05, 3.63) is 0 Å². The van der Waals surface area contributed by atoms with Crippen molar-refractivity contribution in [2.75, 3.05) is 20.1 Å². The van der Waals surface area contributed by atoms with E-state index in [1.54, 1.807) is 11.9 Å². The van der Waals surface area contributed by atoms with Gasteiger partial charge in [0.1, 0.15) is 11.4 Å². The standard InChI is InChI=1S/C8H15N3O2/c1-10-7(9)8(13)2-4-11(6-12)5-3-8/h6,13H,2-5H2,1H3,(H2,9,10). The highest BCUT2D eigenvalue weighted by Gasteiger charge is 2.35. The first-order chi connectivity index (χ1) is 6.12. The lowest BCUT2D eigenvalue weighted by molar-refractivity contribution is -0.120. The van der Waals surface area contributed by atoms with Crippen LogP contribution in [0.15, 0.2) is 4.99 Å². The van der Waals surface area contributed by atoms with Crippen molar-refractivity contribution in [3.8, 4) is 0 Å². The maximum Gasteiger partial charge on any atom is 0.209 e. The van der Waals surface area contributed by atoms with Crippen LogP contribution in [0, 0.1) is 0 Å². The molecule has 0 aromatic heterocycles. The molecule has 0 radical (unpaired) electrons. The van der Waals surface area contributed by atoms with Crippen LogP contribution in [-0.4, -0.2) is 48.0 Å². The van der Waals surface area contributed by atoms with Gasteiger partial charge in [0.05, 0.1) is 0 Å². The van der Waals surface area contributed by atoms with E-state index in [0.29, 0.717) is 25.9 Å². The van der Waals surface area contributed by atoms with E-state index in [9.17, 15) is 9.90 Å². The molecule has 1 aliphatic heterocycles. The number of amides is 1. The molecule has 0 aromatic rings. The summed E-state index contributed by atoms with van der Waals surface area (Å²) < 4.78 is 0. The van der Waals surface area contributed by atoms with Gasteiger partial charge in [0.2, 0.25) is 6.41 Å². The lowest BCUT2D eigenvalue weighted by Crippen LogP contribution is -2.52. The summed E-state index contributed by atoms with van der Waals surface area (Å²) in [6.07, 6.45) is 1.72. The average molecular weight is 185 g/mol. The van der Waals surface area contributed by atoms with E-state index in [1.807, 2.05) is 0 Å². The Morgan fingerprint density at radius 1 is 1.62 bits per heavy atom. The number of aliphatic imine (C=N–C) groups is 1. The Bertz CT molecular complexity index is 219. The molecule has 0 aromatic carbocycles. The Kier molecular flexibility index (Phi) is 2.87. The Morgan fingerprint density at radius 2 is 2.15 bits per heavy atom. The minimum absolute atomic E-state index is 0.262. The number of nitrogens with zero attached hydrogens (tertiary/aromatic N) is 2. The molecule has 0 atom stereocenters. The second-order valence-corrected chi connectivity index (χ2v) is 3.28. The highest BCUT2D eigenvalue weighted by Crippen LogP contribution is 2.21. The summed E-state index contributed by atoms with van der Waals surface area (Å²) in [7, 11) is 1.55. The first kappa shape index (κ1) is 9.98. The molecule has 0 spiro atoms. The summed E-state index contributed by atoms with van der Waals surface area (Å²) in [6, 6.07) is 0. The van der Waals surface area contributed by atoms with Crippen molar-refractivity contribution in [2.24, 2.45) is 10.7 Å². The fourth-order valence-electron chi connectivity index (χ4n) is 1.46. The third-order valence-corrected chi connectivity index (χ3v) is 2.49. The summed E-state index contributed by atoms with van der Waals surface area (Å²) >= 11 is 0. The molecule has 1 amide bonds. The fraction of sp³-hybridized carbons (Fsp3) is 0.750. The van der Waals surface area contributed by atoms with Crippen molar-refractivity contribution < 1.29 is 9.90 Å². The molecule has 0 unspecified atom stereocenters. The summed E-state index contributed by atoms with van der Waals surface area (Å²) in [5, 5.41) is 9.95. The van der Waals surface area contributed by atoms with E-state index < -0.39 is 5.60 Å². The molecular weight excluding hydrogens is 170 g/mol. The van der Waals surface area contributed by atoms with Gasteiger partial charge >= 0.3 is 0 Å². The zero-order valence-corrected chi connectivity index (χ0v) is 7.73. The van der Waals surface area contributed by atoms with Crippen molar-refractivity contribution in [2.45, 2.75) is 18.4 Å². The average Bonchev–Trinajstić information content (AvgIpc) is 2.18. The van der Waals surface area contributed by atoms with Crippen LogP contribution < -0.4 is 5.73 Å². The monoisotopic (exact) mass is 185 g/mol. The Balaban J connectivity index is 2.61. The van der Waals surface area contributed by atoms with Crippen LogP contribution in [0.5, 0.6) is 0 Å². The Labute approximate surface area is 77.2 Å². The number of piperidine rings is 1. The number of carbonyl (C=O) groups excluding carboxylic acids is 1. The minimum atomic E-state index is -1.01. The number of likely N-dealkylation sites (tertiary alicyclic amines) is 1. The fourth-order valence-corrected chi connectivity index (χ4v) is 1.46. The van der Waals surface area contributed by atoms with Gasteiger partial charge in [-0.25, -0.2) is 0 Å². The largest absolute Gasteiger partial charge is 0.385 e. The van der Waals surface area contributed by atoms with Gasteiger partial charge in [-0.15, -0.1) is 0 Å². The highest BCUT2D eigenvalue weighted by atomic mass is 16.3. The predicted octanol–water partition coefficient (Wildman–Crippen LogP) is -1.04. The summed E-state index contributed by atoms with van der Waals surface area (Å²) in [5.74, 6) is 0.262. The van der Waals surface area contributed by atoms with Crippen LogP contribution in [0.4, 0.5) is 0 Å². The van der Waals surface area contributed by atoms with Gasteiger partial charge < -0.3 is 15.7 Å². The number of aliphatic hydroxyl groups is 1.